The number of carbonyl (C=O) groups is 4. The molecular weight excluding hydrogens is 644 g/mol. The van der Waals surface area contributed by atoms with E-state index < -0.39 is 54.0 Å². The molecule has 1 aliphatic rings. The van der Waals surface area contributed by atoms with Crippen LogP contribution in [0.2, 0.25) is 0 Å². The van der Waals surface area contributed by atoms with E-state index in [0.29, 0.717) is 40.5 Å². The molecule has 0 radical (unpaired) electrons. The average Bonchev–Trinajstić information content (AvgIpc) is 3.74. The second kappa shape index (κ2) is 14.1. The number of carboxylic acid groups (broad SMARTS) is 3. The molecular formula is C38H34N2O10. The van der Waals surface area contributed by atoms with E-state index >= 15 is 0 Å². The molecule has 2 heterocycles. The van der Waals surface area contributed by atoms with Crippen molar-refractivity contribution < 1.29 is 48.4 Å². The Morgan fingerprint density at radius 2 is 1.58 bits per heavy atom. The van der Waals surface area contributed by atoms with Crippen LogP contribution in [0.1, 0.15) is 49.1 Å². The second-order valence-corrected chi connectivity index (χ2v) is 12.3. The summed E-state index contributed by atoms with van der Waals surface area (Å²) in [6, 6.07) is 25.4. The van der Waals surface area contributed by atoms with Gasteiger partial charge in [-0.15, -0.1) is 0 Å². The number of aliphatic carboxylic acids is 3. The maximum atomic E-state index is 14.3. The minimum absolute atomic E-state index is 0.0108. The van der Waals surface area contributed by atoms with Crippen molar-refractivity contribution >= 4 is 51.8 Å². The largest absolute Gasteiger partial charge is 0.481 e. The molecule has 0 bridgehead atoms. The minimum atomic E-state index is -2.88. The third-order valence-corrected chi connectivity index (χ3v) is 9.07. The van der Waals surface area contributed by atoms with Gasteiger partial charge in [0.1, 0.15) is 5.52 Å². The number of rotatable bonds is 14. The smallest absolute Gasteiger partial charge is 0.322 e. The van der Waals surface area contributed by atoms with E-state index in [9.17, 15) is 34.5 Å². The van der Waals surface area contributed by atoms with Crippen molar-refractivity contribution in [1.82, 2.24) is 9.88 Å². The number of oxazole rings is 1. The Morgan fingerprint density at radius 1 is 0.860 bits per heavy atom. The lowest BCUT2D eigenvalue weighted by Crippen LogP contribution is -2.48. The molecule has 1 aromatic heterocycles. The molecule has 6 rings (SSSR count). The topological polar surface area (TPSA) is 177 Å². The number of para-hydroxylation sites is 2. The molecule has 50 heavy (non-hydrogen) atoms. The van der Waals surface area contributed by atoms with Gasteiger partial charge < -0.3 is 34.1 Å². The molecule has 2 atom stereocenters. The van der Waals surface area contributed by atoms with Crippen LogP contribution in [0.4, 0.5) is 0 Å². The van der Waals surface area contributed by atoms with E-state index in [1.165, 1.54) is 4.90 Å². The quantitative estimate of drug-likeness (QED) is 0.112. The van der Waals surface area contributed by atoms with Crippen molar-refractivity contribution in [2.45, 2.75) is 44.7 Å². The van der Waals surface area contributed by atoms with Crippen LogP contribution in [-0.2, 0) is 25.7 Å². The zero-order valence-electron chi connectivity index (χ0n) is 27.0. The zero-order chi connectivity index (χ0) is 35.4. The van der Waals surface area contributed by atoms with Gasteiger partial charge in [0.2, 0.25) is 18.6 Å². The number of amides is 1. The Bertz CT molecular complexity index is 2070. The van der Waals surface area contributed by atoms with Crippen LogP contribution in [0.25, 0.3) is 27.9 Å². The lowest BCUT2D eigenvalue weighted by molar-refractivity contribution is -0.173. The highest BCUT2D eigenvalue weighted by Crippen LogP contribution is 2.39. The number of benzene rings is 4. The summed E-state index contributed by atoms with van der Waals surface area (Å²) < 4.78 is 17.0. The van der Waals surface area contributed by atoms with Gasteiger partial charge in [0.15, 0.2) is 22.5 Å². The highest BCUT2D eigenvalue weighted by molar-refractivity contribution is 6.04. The molecule has 0 aliphatic carbocycles. The SMILES string of the molecule is CC(C(C/C=C/c1nc2ccccc2o1)c1ccc2c(c1)OCO2)N(Cc1ccc2ccccc2c1)C(=O)CC(CC(=O)O)(C(=O)O)C(=O)O. The fourth-order valence-corrected chi connectivity index (χ4v) is 6.32. The van der Waals surface area contributed by atoms with E-state index in [1.54, 1.807) is 19.1 Å². The second-order valence-electron chi connectivity index (χ2n) is 12.3. The number of ether oxygens (including phenoxy) is 2. The van der Waals surface area contributed by atoms with Gasteiger partial charge in [0, 0.05) is 18.5 Å². The number of hydrogen-bond donors (Lipinski definition) is 3. The van der Waals surface area contributed by atoms with E-state index in [0.717, 1.165) is 16.3 Å². The van der Waals surface area contributed by atoms with Crippen LogP contribution >= 0.6 is 0 Å². The van der Waals surface area contributed by atoms with E-state index in [4.69, 9.17) is 13.9 Å². The maximum Gasteiger partial charge on any atom is 0.322 e. The average molecular weight is 679 g/mol. The lowest BCUT2D eigenvalue weighted by atomic mass is 9.80. The number of fused-ring (bicyclic) bond motifs is 3. The molecule has 1 amide bonds. The van der Waals surface area contributed by atoms with Gasteiger partial charge in [-0.05, 0) is 71.7 Å². The highest BCUT2D eigenvalue weighted by Gasteiger charge is 2.51. The van der Waals surface area contributed by atoms with Gasteiger partial charge in [-0.1, -0.05) is 60.7 Å². The number of hydrogen-bond acceptors (Lipinski definition) is 8. The molecule has 3 N–H and O–H groups in total. The Morgan fingerprint density at radius 3 is 2.32 bits per heavy atom. The van der Waals surface area contributed by atoms with E-state index in [1.807, 2.05) is 84.9 Å². The highest BCUT2D eigenvalue weighted by atomic mass is 16.7. The van der Waals surface area contributed by atoms with Crippen molar-refractivity contribution in [2.75, 3.05) is 6.79 Å². The molecule has 0 saturated heterocycles. The third-order valence-electron chi connectivity index (χ3n) is 9.07. The van der Waals surface area contributed by atoms with Gasteiger partial charge in [0.05, 0.1) is 12.8 Å². The summed E-state index contributed by atoms with van der Waals surface area (Å²) in [6.07, 6.45) is 1.58. The first-order valence-electron chi connectivity index (χ1n) is 15.9. The summed E-state index contributed by atoms with van der Waals surface area (Å²) in [6.45, 7) is 1.84. The summed E-state index contributed by atoms with van der Waals surface area (Å²) in [5.74, 6) is -5.28. The predicted octanol–water partition coefficient (Wildman–Crippen LogP) is 6.33. The Balaban J connectivity index is 1.39. The molecule has 4 aromatic carbocycles. The van der Waals surface area contributed by atoms with Crippen LogP contribution < -0.4 is 9.47 Å². The summed E-state index contributed by atoms with van der Waals surface area (Å²) in [5.41, 5.74) is -0.0763. The summed E-state index contributed by atoms with van der Waals surface area (Å²) in [5, 5.41) is 31.4. The fraction of sp³-hybridized carbons (Fsp3) is 0.237. The van der Waals surface area contributed by atoms with Gasteiger partial charge >= 0.3 is 17.9 Å². The van der Waals surface area contributed by atoms with Crippen LogP contribution in [0.15, 0.2) is 95.4 Å². The van der Waals surface area contributed by atoms with Gasteiger partial charge in [-0.2, -0.15) is 0 Å². The first-order valence-corrected chi connectivity index (χ1v) is 15.9. The van der Waals surface area contributed by atoms with Crippen molar-refractivity contribution in [3.63, 3.8) is 0 Å². The Labute approximate surface area is 286 Å². The molecule has 256 valence electrons. The van der Waals surface area contributed by atoms with Crippen LogP contribution in [0.5, 0.6) is 11.5 Å². The Hall–Kier alpha value is -6.17. The lowest BCUT2D eigenvalue weighted by Gasteiger charge is -2.37. The molecule has 12 heteroatoms. The van der Waals surface area contributed by atoms with Gasteiger partial charge in [0.25, 0.3) is 0 Å². The molecule has 1 aliphatic heterocycles. The van der Waals surface area contributed by atoms with E-state index in [2.05, 4.69) is 4.98 Å². The molecule has 12 nitrogen and oxygen atoms in total. The van der Waals surface area contributed by atoms with Crippen LogP contribution in [0, 0.1) is 5.41 Å². The minimum Gasteiger partial charge on any atom is -0.481 e. The standard InChI is InChI=1S/C38H34N2O10/c1-23(28(27-15-16-31-32(18-27)49-22-48-31)9-6-12-33-39-29-10-4-5-11-30(29)50-33)40(21-24-13-14-25-7-2-3-8-26(25)17-24)34(41)19-38(36(44)45,37(46)47)20-35(42)43/h2-8,10-18,23,28H,9,19-22H2,1H3,(H,42,43)(H,44,45)(H,46,47)/b12-6+. The first kappa shape index (κ1) is 33.7. The molecule has 5 aromatic rings. The van der Waals surface area contributed by atoms with Gasteiger partial charge in [-0.25, -0.2) is 4.98 Å². The predicted molar refractivity (Wildman–Crippen MR) is 182 cm³/mol. The van der Waals surface area contributed by atoms with Crippen molar-refractivity contribution in [2.24, 2.45) is 5.41 Å². The Kier molecular flexibility index (Phi) is 9.53. The van der Waals surface area contributed by atoms with Gasteiger partial charge in [-0.3, -0.25) is 19.2 Å². The molecule has 0 spiro atoms. The van der Waals surface area contributed by atoms with Crippen LogP contribution in [-0.4, -0.2) is 61.9 Å². The third kappa shape index (κ3) is 7.00. The number of aromatic nitrogens is 1. The zero-order valence-corrected chi connectivity index (χ0v) is 27.0. The fourth-order valence-electron chi connectivity index (χ4n) is 6.32. The number of nitrogens with zero attached hydrogens (tertiary/aromatic N) is 2. The summed E-state index contributed by atoms with van der Waals surface area (Å²) >= 11 is 0. The van der Waals surface area contributed by atoms with Crippen molar-refractivity contribution in [3.05, 3.63) is 108 Å². The van der Waals surface area contributed by atoms with Crippen molar-refractivity contribution in [3.8, 4) is 11.5 Å². The maximum absolute atomic E-state index is 14.3. The molecule has 0 saturated carbocycles. The first-order chi connectivity index (χ1) is 24.0. The monoisotopic (exact) mass is 678 g/mol. The molecule has 2 unspecified atom stereocenters. The summed E-state index contributed by atoms with van der Waals surface area (Å²) in [7, 11) is 0. The normalized spacial score (nSPS) is 13.8. The van der Waals surface area contributed by atoms with Crippen molar-refractivity contribution in [1.29, 1.82) is 0 Å². The molecule has 0 fully saturated rings. The number of carboxylic acids is 3. The summed E-state index contributed by atoms with van der Waals surface area (Å²) in [4.78, 5) is 56.7. The van der Waals surface area contributed by atoms with E-state index in [-0.39, 0.29) is 13.3 Å². The van der Waals surface area contributed by atoms with Crippen LogP contribution in [0.3, 0.4) is 0 Å². The number of carbonyl (C=O) groups excluding carboxylic acids is 1. The number of allylic oxidation sites excluding steroid dienone is 1.